The molecule has 0 N–H and O–H groups in total. The molecule has 1 aromatic carbocycles. The van der Waals surface area contributed by atoms with E-state index in [1.807, 2.05) is 36.4 Å². The van der Waals surface area contributed by atoms with Crippen molar-refractivity contribution in [3.05, 3.63) is 29.3 Å². The normalized spacial score (nSPS) is 21.3. The molecule has 0 spiro atoms. The van der Waals surface area contributed by atoms with Gasteiger partial charge in [0.05, 0.1) is 4.90 Å². The Kier molecular flexibility index (Phi) is 5.66. The fourth-order valence-corrected chi connectivity index (χ4v) is 6.70. The summed E-state index contributed by atoms with van der Waals surface area (Å²) in [6.45, 7) is 3.95. The highest BCUT2D eigenvalue weighted by molar-refractivity contribution is 7.89. The maximum absolute atomic E-state index is 13.6. The molecule has 4 heteroatoms. The molecular formula is C20H31NO2S. The van der Waals surface area contributed by atoms with Crippen LogP contribution >= 0.6 is 0 Å². The standard InChI is InChI=1S/C20H31NO2S/c1-16-13-14-20(17(2)15-16)24(22,23)21(18-9-5-3-6-10-18)19-11-7-4-8-12-19/h13-15,18-19H,3-12H2,1-2H3. The van der Waals surface area contributed by atoms with Gasteiger partial charge in [-0.05, 0) is 51.2 Å². The van der Waals surface area contributed by atoms with E-state index >= 15 is 0 Å². The minimum Gasteiger partial charge on any atom is -0.207 e. The minimum atomic E-state index is -3.41. The van der Waals surface area contributed by atoms with Crippen LogP contribution in [-0.4, -0.2) is 24.8 Å². The van der Waals surface area contributed by atoms with Crippen LogP contribution in [0.5, 0.6) is 0 Å². The monoisotopic (exact) mass is 349 g/mol. The van der Waals surface area contributed by atoms with Crippen molar-refractivity contribution in [2.24, 2.45) is 0 Å². The van der Waals surface area contributed by atoms with Gasteiger partial charge < -0.3 is 0 Å². The first-order valence-electron chi connectivity index (χ1n) is 9.61. The minimum absolute atomic E-state index is 0.201. The van der Waals surface area contributed by atoms with E-state index in [0.29, 0.717) is 4.90 Å². The number of sulfonamides is 1. The molecule has 0 aliphatic heterocycles. The van der Waals surface area contributed by atoms with Crippen LogP contribution in [0.1, 0.15) is 75.3 Å². The van der Waals surface area contributed by atoms with E-state index in [9.17, 15) is 8.42 Å². The first kappa shape index (κ1) is 17.9. The predicted molar refractivity (Wildman–Crippen MR) is 98.7 cm³/mol. The lowest BCUT2D eigenvalue weighted by atomic mass is 9.91. The Balaban J connectivity index is 1.98. The maximum atomic E-state index is 13.6. The third-order valence-electron chi connectivity index (χ3n) is 5.76. The van der Waals surface area contributed by atoms with Crippen LogP contribution in [0.15, 0.2) is 23.1 Å². The van der Waals surface area contributed by atoms with Gasteiger partial charge in [0, 0.05) is 12.1 Å². The molecule has 0 bridgehead atoms. The number of hydrogen-bond acceptors (Lipinski definition) is 2. The average Bonchev–Trinajstić information content (AvgIpc) is 2.56. The number of nitrogens with zero attached hydrogens (tertiary/aromatic N) is 1. The number of rotatable bonds is 4. The van der Waals surface area contributed by atoms with Crippen molar-refractivity contribution < 1.29 is 8.42 Å². The Labute approximate surface area is 147 Å². The predicted octanol–water partition coefficient (Wildman–Crippen LogP) is 4.96. The molecule has 2 saturated carbocycles. The van der Waals surface area contributed by atoms with E-state index in [1.54, 1.807) is 0 Å². The summed E-state index contributed by atoms with van der Waals surface area (Å²) in [6.07, 6.45) is 11.3. The zero-order valence-electron chi connectivity index (χ0n) is 15.1. The first-order valence-corrected chi connectivity index (χ1v) is 11.0. The number of hydrogen-bond donors (Lipinski definition) is 0. The largest absolute Gasteiger partial charge is 0.243 e. The molecule has 0 amide bonds. The van der Waals surface area contributed by atoms with Gasteiger partial charge in [0.1, 0.15) is 0 Å². The van der Waals surface area contributed by atoms with Crippen molar-refractivity contribution in [1.29, 1.82) is 0 Å². The van der Waals surface area contributed by atoms with Gasteiger partial charge in [-0.25, -0.2) is 8.42 Å². The molecule has 0 radical (unpaired) electrons. The summed E-state index contributed by atoms with van der Waals surface area (Å²) in [5.74, 6) is 0. The summed E-state index contributed by atoms with van der Waals surface area (Å²) in [7, 11) is -3.41. The second kappa shape index (κ2) is 7.57. The smallest absolute Gasteiger partial charge is 0.207 e. The molecule has 2 fully saturated rings. The van der Waals surface area contributed by atoms with Crippen molar-refractivity contribution in [2.45, 2.75) is 95.0 Å². The molecule has 0 saturated heterocycles. The highest BCUT2D eigenvalue weighted by Gasteiger charge is 2.38. The summed E-state index contributed by atoms with van der Waals surface area (Å²) in [5, 5.41) is 0. The molecular weight excluding hydrogens is 318 g/mol. The molecule has 0 aromatic heterocycles. The molecule has 134 valence electrons. The van der Waals surface area contributed by atoms with Crippen molar-refractivity contribution in [2.75, 3.05) is 0 Å². The van der Waals surface area contributed by atoms with Crippen LogP contribution in [0, 0.1) is 13.8 Å². The van der Waals surface area contributed by atoms with E-state index in [-0.39, 0.29) is 12.1 Å². The van der Waals surface area contributed by atoms with Crippen molar-refractivity contribution in [3.63, 3.8) is 0 Å². The second-order valence-corrected chi connectivity index (χ2v) is 9.50. The lowest BCUT2D eigenvalue weighted by molar-refractivity contribution is 0.169. The number of aryl methyl sites for hydroxylation is 2. The van der Waals surface area contributed by atoms with E-state index in [4.69, 9.17) is 0 Å². The molecule has 2 aliphatic rings. The van der Waals surface area contributed by atoms with Gasteiger partial charge in [-0.15, -0.1) is 0 Å². The third-order valence-corrected chi connectivity index (χ3v) is 7.92. The van der Waals surface area contributed by atoms with Crippen LogP contribution in [0.25, 0.3) is 0 Å². The third kappa shape index (κ3) is 3.70. The summed E-state index contributed by atoms with van der Waals surface area (Å²) in [6, 6.07) is 6.14. The molecule has 24 heavy (non-hydrogen) atoms. The SMILES string of the molecule is Cc1ccc(S(=O)(=O)N(C2CCCCC2)C2CCCCC2)c(C)c1. The molecule has 1 aromatic rings. The molecule has 2 aliphatic carbocycles. The summed E-state index contributed by atoms with van der Waals surface area (Å²) >= 11 is 0. The molecule has 3 rings (SSSR count). The van der Waals surface area contributed by atoms with Crippen molar-refractivity contribution in [1.82, 2.24) is 4.31 Å². The van der Waals surface area contributed by atoms with Crippen LogP contribution < -0.4 is 0 Å². The Morgan fingerprint density at radius 2 is 1.33 bits per heavy atom. The maximum Gasteiger partial charge on any atom is 0.243 e. The zero-order chi connectivity index (χ0) is 17.2. The first-order chi connectivity index (χ1) is 11.5. The van der Waals surface area contributed by atoms with Crippen LogP contribution in [0.3, 0.4) is 0 Å². The topological polar surface area (TPSA) is 37.4 Å². The highest BCUT2D eigenvalue weighted by atomic mass is 32.2. The Morgan fingerprint density at radius 3 is 1.79 bits per heavy atom. The Bertz CT molecular complexity index is 638. The number of benzene rings is 1. The van der Waals surface area contributed by atoms with Crippen molar-refractivity contribution >= 4 is 10.0 Å². The second-order valence-electron chi connectivity index (χ2n) is 7.69. The van der Waals surface area contributed by atoms with Crippen molar-refractivity contribution in [3.8, 4) is 0 Å². The highest BCUT2D eigenvalue weighted by Crippen LogP contribution is 2.35. The fraction of sp³-hybridized carbons (Fsp3) is 0.700. The van der Waals surface area contributed by atoms with Gasteiger partial charge in [-0.1, -0.05) is 56.2 Å². The molecule has 0 heterocycles. The molecule has 0 unspecified atom stereocenters. The van der Waals surface area contributed by atoms with E-state index in [0.717, 1.165) is 62.5 Å². The summed E-state index contributed by atoms with van der Waals surface area (Å²) < 4.78 is 29.1. The Morgan fingerprint density at radius 1 is 0.833 bits per heavy atom. The molecule has 0 atom stereocenters. The van der Waals surface area contributed by atoms with Crippen LogP contribution in [-0.2, 0) is 10.0 Å². The summed E-state index contributed by atoms with van der Waals surface area (Å²) in [5.41, 5.74) is 2.00. The average molecular weight is 350 g/mol. The lowest BCUT2D eigenvalue weighted by Crippen LogP contribution is -2.48. The molecule has 3 nitrogen and oxygen atoms in total. The van der Waals surface area contributed by atoms with Gasteiger partial charge in [0.15, 0.2) is 0 Å². The fourth-order valence-electron chi connectivity index (χ4n) is 4.56. The zero-order valence-corrected chi connectivity index (χ0v) is 15.9. The quantitative estimate of drug-likeness (QED) is 0.770. The van der Waals surface area contributed by atoms with Crippen LogP contribution in [0.4, 0.5) is 0 Å². The van der Waals surface area contributed by atoms with Crippen LogP contribution in [0.2, 0.25) is 0 Å². The van der Waals surface area contributed by atoms with Gasteiger partial charge in [-0.2, -0.15) is 4.31 Å². The van der Waals surface area contributed by atoms with Gasteiger partial charge in [-0.3, -0.25) is 0 Å². The lowest BCUT2D eigenvalue weighted by Gasteiger charge is -2.40. The van der Waals surface area contributed by atoms with Gasteiger partial charge >= 0.3 is 0 Å². The van der Waals surface area contributed by atoms with E-state index in [1.165, 1.54) is 12.8 Å². The van der Waals surface area contributed by atoms with E-state index in [2.05, 4.69) is 0 Å². The summed E-state index contributed by atoms with van der Waals surface area (Å²) in [4.78, 5) is 0.518. The van der Waals surface area contributed by atoms with E-state index < -0.39 is 10.0 Å². The van der Waals surface area contributed by atoms with Gasteiger partial charge in [0.25, 0.3) is 0 Å². The Hall–Kier alpha value is -0.870. The van der Waals surface area contributed by atoms with Gasteiger partial charge in [0.2, 0.25) is 10.0 Å².